The fourth-order valence-electron chi connectivity index (χ4n) is 2.34. The van der Waals surface area contributed by atoms with Crippen molar-refractivity contribution in [2.24, 2.45) is 0 Å². The molecule has 0 saturated heterocycles. The first-order valence-electron chi connectivity index (χ1n) is 7.08. The van der Waals surface area contributed by atoms with Gasteiger partial charge < -0.3 is 10.3 Å². The molecule has 3 rings (SSSR count). The summed E-state index contributed by atoms with van der Waals surface area (Å²) >= 11 is 0. The second kappa shape index (κ2) is 5.93. The van der Waals surface area contributed by atoms with E-state index in [4.69, 9.17) is 0 Å². The minimum atomic E-state index is -3.37. The van der Waals surface area contributed by atoms with Gasteiger partial charge in [-0.1, -0.05) is 24.3 Å². The smallest absolute Gasteiger partial charge is 0.272 e. The predicted molar refractivity (Wildman–Crippen MR) is 92.1 cm³/mol. The summed E-state index contributed by atoms with van der Waals surface area (Å²) in [4.78, 5) is 27.0. The molecule has 3 aromatic rings. The van der Waals surface area contributed by atoms with Crippen LogP contribution >= 0.6 is 0 Å². The molecular formula is C17H14N2O4S. The molecule has 0 fully saturated rings. The molecule has 122 valence electrons. The Balaban J connectivity index is 1.95. The Hall–Kier alpha value is -2.93. The van der Waals surface area contributed by atoms with E-state index in [9.17, 15) is 18.0 Å². The van der Waals surface area contributed by atoms with Crippen LogP contribution < -0.4 is 10.9 Å². The number of aromatic nitrogens is 1. The molecule has 7 heteroatoms. The van der Waals surface area contributed by atoms with Gasteiger partial charge in [-0.25, -0.2) is 8.42 Å². The lowest BCUT2D eigenvalue weighted by Crippen LogP contribution is -2.19. The van der Waals surface area contributed by atoms with Crippen LogP contribution in [0.1, 0.15) is 10.5 Å². The number of fused-ring (bicyclic) bond motifs is 1. The van der Waals surface area contributed by atoms with Crippen molar-refractivity contribution < 1.29 is 13.2 Å². The zero-order chi connectivity index (χ0) is 17.3. The van der Waals surface area contributed by atoms with E-state index in [2.05, 4.69) is 10.3 Å². The highest BCUT2D eigenvalue weighted by Gasteiger charge is 2.12. The van der Waals surface area contributed by atoms with E-state index in [1.807, 2.05) is 0 Å². The molecule has 1 heterocycles. The Morgan fingerprint density at radius 1 is 1.04 bits per heavy atom. The average molecular weight is 342 g/mol. The van der Waals surface area contributed by atoms with Crippen molar-refractivity contribution in [3.8, 4) is 0 Å². The third-order valence-electron chi connectivity index (χ3n) is 3.52. The van der Waals surface area contributed by atoms with E-state index in [0.717, 1.165) is 6.26 Å². The zero-order valence-electron chi connectivity index (χ0n) is 12.7. The molecule has 1 aromatic heterocycles. The first-order chi connectivity index (χ1) is 11.3. The van der Waals surface area contributed by atoms with Crippen LogP contribution in [0.25, 0.3) is 10.8 Å². The van der Waals surface area contributed by atoms with Gasteiger partial charge in [-0.05, 0) is 35.7 Å². The van der Waals surface area contributed by atoms with Crippen molar-refractivity contribution in [3.63, 3.8) is 0 Å². The number of aromatic amines is 1. The van der Waals surface area contributed by atoms with Gasteiger partial charge >= 0.3 is 0 Å². The number of H-pyrrole nitrogens is 1. The number of carbonyl (C=O) groups excluding carboxylic acids is 1. The molecule has 0 saturated carbocycles. The van der Waals surface area contributed by atoms with Gasteiger partial charge in [0.1, 0.15) is 5.69 Å². The van der Waals surface area contributed by atoms with Crippen molar-refractivity contribution in [1.29, 1.82) is 0 Å². The number of pyridine rings is 1. The summed E-state index contributed by atoms with van der Waals surface area (Å²) in [5.41, 5.74) is 0.0727. The quantitative estimate of drug-likeness (QED) is 0.762. The van der Waals surface area contributed by atoms with Crippen molar-refractivity contribution >= 4 is 32.2 Å². The number of hydrogen-bond acceptors (Lipinski definition) is 4. The van der Waals surface area contributed by atoms with E-state index < -0.39 is 15.7 Å². The van der Waals surface area contributed by atoms with Gasteiger partial charge in [0.2, 0.25) is 0 Å². The minimum absolute atomic E-state index is 0.100. The number of rotatable bonds is 3. The molecule has 6 nitrogen and oxygen atoms in total. The fraction of sp³-hybridized carbons (Fsp3) is 0.0588. The molecule has 0 aliphatic rings. The SMILES string of the molecule is CS(=O)(=O)c1cccc(NC(=O)c2cc3ccccc3c(=O)[nH]2)c1. The molecule has 0 unspecified atom stereocenters. The molecule has 0 spiro atoms. The van der Waals surface area contributed by atoms with Crippen LogP contribution in [0.15, 0.2) is 64.3 Å². The van der Waals surface area contributed by atoms with Crippen molar-refractivity contribution in [2.45, 2.75) is 4.90 Å². The summed E-state index contributed by atoms with van der Waals surface area (Å²) < 4.78 is 23.1. The summed E-state index contributed by atoms with van der Waals surface area (Å²) in [5.74, 6) is -0.525. The summed E-state index contributed by atoms with van der Waals surface area (Å²) in [6.45, 7) is 0. The summed E-state index contributed by atoms with van der Waals surface area (Å²) in [5, 5.41) is 3.73. The molecule has 1 amide bonds. The number of benzene rings is 2. The molecule has 0 bridgehead atoms. The van der Waals surface area contributed by atoms with Gasteiger partial charge in [0.05, 0.1) is 4.90 Å². The lowest BCUT2D eigenvalue weighted by atomic mass is 10.1. The Morgan fingerprint density at radius 3 is 2.54 bits per heavy atom. The first-order valence-corrected chi connectivity index (χ1v) is 8.97. The predicted octanol–water partition coefficient (Wildman–Crippen LogP) is 2.18. The second-order valence-electron chi connectivity index (χ2n) is 5.35. The lowest BCUT2D eigenvalue weighted by Gasteiger charge is -2.07. The molecule has 0 radical (unpaired) electrons. The maximum absolute atomic E-state index is 12.3. The highest BCUT2D eigenvalue weighted by molar-refractivity contribution is 7.90. The molecule has 0 aliphatic carbocycles. The van der Waals surface area contributed by atoms with Crippen LogP contribution in [0.3, 0.4) is 0 Å². The van der Waals surface area contributed by atoms with Crippen LogP contribution in [0.4, 0.5) is 5.69 Å². The Bertz CT molecular complexity index is 1100. The number of nitrogens with one attached hydrogen (secondary N) is 2. The molecule has 0 atom stereocenters. The van der Waals surface area contributed by atoms with E-state index in [1.165, 1.54) is 18.2 Å². The Kier molecular flexibility index (Phi) is 3.94. The van der Waals surface area contributed by atoms with E-state index in [1.54, 1.807) is 36.4 Å². The van der Waals surface area contributed by atoms with Gasteiger partial charge in [0, 0.05) is 17.3 Å². The number of carbonyl (C=O) groups is 1. The monoisotopic (exact) mass is 342 g/mol. The molecular weight excluding hydrogens is 328 g/mol. The van der Waals surface area contributed by atoms with Gasteiger partial charge in [-0.2, -0.15) is 0 Å². The highest BCUT2D eigenvalue weighted by Crippen LogP contribution is 2.16. The maximum Gasteiger partial charge on any atom is 0.272 e. The van der Waals surface area contributed by atoms with Gasteiger partial charge in [0.15, 0.2) is 9.84 Å². The number of sulfone groups is 1. The van der Waals surface area contributed by atoms with Gasteiger partial charge in [-0.15, -0.1) is 0 Å². The Labute approximate surface area is 138 Å². The average Bonchev–Trinajstić information content (AvgIpc) is 2.54. The number of amides is 1. The van der Waals surface area contributed by atoms with Crippen molar-refractivity contribution in [2.75, 3.05) is 11.6 Å². The van der Waals surface area contributed by atoms with E-state index >= 15 is 0 Å². The third kappa shape index (κ3) is 3.21. The number of hydrogen-bond donors (Lipinski definition) is 2. The second-order valence-corrected chi connectivity index (χ2v) is 7.37. The van der Waals surface area contributed by atoms with Crippen LogP contribution in [0.5, 0.6) is 0 Å². The maximum atomic E-state index is 12.3. The van der Waals surface area contributed by atoms with Crippen molar-refractivity contribution in [3.05, 3.63) is 70.6 Å². The van der Waals surface area contributed by atoms with Crippen molar-refractivity contribution in [1.82, 2.24) is 4.98 Å². The van der Waals surface area contributed by atoms with Crippen LogP contribution in [0.2, 0.25) is 0 Å². The molecule has 0 aliphatic heterocycles. The van der Waals surface area contributed by atoms with Crippen LogP contribution in [-0.4, -0.2) is 25.6 Å². The number of anilines is 1. The lowest BCUT2D eigenvalue weighted by molar-refractivity contribution is 0.102. The zero-order valence-corrected chi connectivity index (χ0v) is 13.6. The molecule has 2 N–H and O–H groups in total. The van der Waals surface area contributed by atoms with E-state index in [-0.39, 0.29) is 16.1 Å². The third-order valence-corrected chi connectivity index (χ3v) is 4.63. The minimum Gasteiger partial charge on any atom is -0.321 e. The first kappa shape index (κ1) is 15.9. The summed E-state index contributed by atoms with van der Waals surface area (Å²) in [7, 11) is -3.37. The Morgan fingerprint density at radius 2 is 1.79 bits per heavy atom. The van der Waals surface area contributed by atoms with E-state index in [0.29, 0.717) is 16.5 Å². The largest absolute Gasteiger partial charge is 0.321 e. The molecule has 24 heavy (non-hydrogen) atoms. The topological polar surface area (TPSA) is 96.1 Å². The van der Waals surface area contributed by atoms with Gasteiger partial charge in [0.25, 0.3) is 11.5 Å². The summed E-state index contributed by atoms with van der Waals surface area (Å²) in [6.07, 6.45) is 1.09. The summed E-state index contributed by atoms with van der Waals surface area (Å²) in [6, 6.07) is 14.4. The molecule has 2 aromatic carbocycles. The van der Waals surface area contributed by atoms with Gasteiger partial charge in [-0.3, -0.25) is 9.59 Å². The van der Waals surface area contributed by atoms with Crippen LogP contribution in [-0.2, 0) is 9.84 Å². The van der Waals surface area contributed by atoms with Crippen LogP contribution in [0, 0.1) is 0 Å². The fourth-order valence-corrected chi connectivity index (χ4v) is 3.00. The normalized spacial score (nSPS) is 11.4. The highest BCUT2D eigenvalue weighted by atomic mass is 32.2. The standard InChI is InChI=1S/C17H14N2O4S/c1-24(22,23)13-7-4-6-12(10-13)18-17(21)15-9-11-5-2-3-8-14(11)16(20)19-15/h2-10H,1H3,(H,18,21)(H,19,20).